The molecule has 0 aromatic heterocycles. The second-order valence-corrected chi connectivity index (χ2v) is 2.96. The summed E-state index contributed by atoms with van der Waals surface area (Å²) in [7, 11) is 0. The largest absolute Gasteiger partial charge is 0.0999 e. The fraction of sp³-hybridized carbons (Fsp3) is 0.636. The van der Waals surface area contributed by atoms with E-state index in [-0.39, 0.29) is 0 Å². The quantitative estimate of drug-likeness (QED) is 0.503. The first-order valence-electron chi connectivity index (χ1n) is 4.59. The van der Waals surface area contributed by atoms with Crippen LogP contribution in [0.1, 0.15) is 46.0 Å². The van der Waals surface area contributed by atoms with Crippen molar-refractivity contribution in [3.05, 3.63) is 24.3 Å². The summed E-state index contributed by atoms with van der Waals surface area (Å²) in [6.45, 7) is 8.32. The monoisotopic (exact) mass is 152 g/mol. The highest BCUT2D eigenvalue weighted by atomic mass is 14.0. The maximum Gasteiger partial charge on any atom is -0.0288 e. The zero-order valence-electron chi connectivity index (χ0n) is 7.90. The second kappa shape index (κ2) is 7.59. The van der Waals surface area contributed by atoms with Crippen LogP contribution in [0.4, 0.5) is 0 Å². The topological polar surface area (TPSA) is 0 Å². The number of unbranched alkanes of at least 4 members (excludes halogenated alkanes) is 1. The maximum atomic E-state index is 4.03. The van der Waals surface area contributed by atoms with Gasteiger partial charge in [0.1, 0.15) is 0 Å². The molecule has 0 saturated heterocycles. The zero-order valence-corrected chi connectivity index (χ0v) is 7.90. The third-order valence-electron chi connectivity index (χ3n) is 1.78. The summed E-state index contributed by atoms with van der Waals surface area (Å²) < 4.78 is 0. The van der Waals surface area contributed by atoms with E-state index in [0.29, 0.717) is 0 Å². The Morgan fingerprint density at radius 3 is 2.64 bits per heavy atom. The zero-order chi connectivity index (χ0) is 8.53. The van der Waals surface area contributed by atoms with Crippen LogP contribution in [0, 0.1) is 0 Å². The van der Waals surface area contributed by atoms with E-state index in [1.807, 2.05) is 0 Å². The van der Waals surface area contributed by atoms with E-state index < -0.39 is 0 Å². The SMILES string of the molecule is C=C(CCC=CC)CCCC. The van der Waals surface area contributed by atoms with E-state index in [1.54, 1.807) is 0 Å². The second-order valence-electron chi connectivity index (χ2n) is 2.96. The summed E-state index contributed by atoms with van der Waals surface area (Å²) in [5.74, 6) is 0. The summed E-state index contributed by atoms with van der Waals surface area (Å²) in [6.07, 6.45) is 10.4. The molecule has 0 nitrogen and oxygen atoms in total. The molecule has 0 aliphatic carbocycles. The van der Waals surface area contributed by atoms with Crippen LogP contribution in [-0.4, -0.2) is 0 Å². The van der Waals surface area contributed by atoms with E-state index in [9.17, 15) is 0 Å². The lowest BCUT2D eigenvalue weighted by Crippen LogP contribution is -1.80. The van der Waals surface area contributed by atoms with Crippen molar-refractivity contribution in [3.8, 4) is 0 Å². The van der Waals surface area contributed by atoms with Gasteiger partial charge in [-0.3, -0.25) is 0 Å². The van der Waals surface area contributed by atoms with E-state index in [0.717, 1.165) is 0 Å². The van der Waals surface area contributed by atoms with Crippen molar-refractivity contribution < 1.29 is 0 Å². The molecular weight excluding hydrogens is 132 g/mol. The van der Waals surface area contributed by atoms with E-state index in [2.05, 4.69) is 32.6 Å². The summed E-state index contributed by atoms with van der Waals surface area (Å²) in [5.41, 5.74) is 1.41. The average Bonchev–Trinajstić information content (AvgIpc) is 2.01. The van der Waals surface area contributed by atoms with Gasteiger partial charge in [-0.2, -0.15) is 0 Å². The molecule has 0 heteroatoms. The van der Waals surface area contributed by atoms with Crippen LogP contribution in [0.3, 0.4) is 0 Å². The Balaban J connectivity index is 3.22. The van der Waals surface area contributed by atoms with E-state index in [4.69, 9.17) is 0 Å². The lowest BCUT2D eigenvalue weighted by Gasteiger charge is -2.00. The van der Waals surface area contributed by atoms with Crippen molar-refractivity contribution in [2.24, 2.45) is 0 Å². The fourth-order valence-corrected chi connectivity index (χ4v) is 1.01. The smallest absolute Gasteiger partial charge is 0.0288 e. The fourth-order valence-electron chi connectivity index (χ4n) is 1.01. The molecule has 0 N–H and O–H groups in total. The van der Waals surface area contributed by atoms with Gasteiger partial charge in [-0.15, -0.1) is 0 Å². The Morgan fingerprint density at radius 2 is 2.09 bits per heavy atom. The number of hydrogen-bond acceptors (Lipinski definition) is 0. The van der Waals surface area contributed by atoms with Crippen LogP contribution in [0.5, 0.6) is 0 Å². The van der Waals surface area contributed by atoms with E-state index >= 15 is 0 Å². The first kappa shape index (κ1) is 10.5. The Labute approximate surface area is 71.0 Å². The highest BCUT2D eigenvalue weighted by molar-refractivity contribution is 4.96. The van der Waals surface area contributed by atoms with Gasteiger partial charge >= 0.3 is 0 Å². The Hall–Kier alpha value is -0.520. The minimum atomic E-state index is 1.17. The van der Waals surface area contributed by atoms with Crippen molar-refractivity contribution in [2.45, 2.75) is 46.0 Å². The van der Waals surface area contributed by atoms with Gasteiger partial charge in [0.15, 0.2) is 0 Å². The molecule has 64 valence electrons. The van der Waals surface area contributed by atoms with Gasteiger partial charge in [0.25, 0.3) is 0 Å². The molecule has 0 amide bonds. The molecule has 0 saturated carbocycles. The third-order valence-corrected chi connectivity index (χ3v) is 1.78. The van der Waals surface area contributed by atoms with Gasteiger partial charge in [0.2, 0.25) is 0 Å². The Bertz CT molecular complexity index is 120. The molecule has 0 bridgehead atoms. The molecule has 0 aromatic rings. The molecular formula is C11H20. The number of rotatable bonds is 6. The molecule has 11 heavy (non-hydrogen) atoms. The lowest BCUT2D eigenvalue weighted by atomic mass is 10.1. The van der Waals surface area contributed by atoms with Crippen molar-refractivity contribution in [2.75, 3.05) is 0 Å². The third kappa shape index (κ3) is 7.38. The van der Waals surface area contributed by atoms with Crippen molar-refractivity contribution in [1.82, 2.24) is 0 Å². The minimum Gasteiger partial charge on any atom is -0.0999 e. The van der Waals surface area contributed by atoms with Crippen LogP contribution in [0.25, 0.3) is 0 Å². The molecule has 0 heterocycles. The maximum absolute atomic E-state index is 4.03. The standard InChI is InChI=1S/C11H20/c1-4-6-8-10-11(3)9-7-5-2/h4,6H,3,5,7-10H2,1-2H3. The average molecular weight is 152 g/mol. The minimum absolute atomic E-state index is 1.17. The van der Waals surface area contributed by atoms with Gasteiger partial charge < -0.3 is 0 Å². The molecule has 0 unspecified atom stereocenters. The van der Waals surface area contributed by atoms with Crippen molar-refractivity contribution in [3.63, 3.8) is 0 Å². The van der Waals surface area contributed by atoms with Gasteiger partial charge in [0.05, 0.1) is 0 Å². The van der Waals surface area contributed by atoms with Crippen LogP contribution in [-0.2, 0) is 0 Å². The van der Waals surface area contributed by atoms with Crippen molar-refractivity contribution in [1.29, 1.82) is 0 Å². The molecule has 0 fully saturated rings. The molecule has 0 aliphatic rings. The highest BCUT2D eigenvalue weighted by Gasteiger charge is 1.91. The van der Waals surface area contributed by atoms with Gasteiger partial charge in [0, 0.05) is 0 Å². The molecule has 0 radical (unpaired) electrons. The van der Waals surface area contributed by atoms with Gasteiger partial charge in [-0.05, 0) is 32.6 Å². The van der Waals surface area contributed by atoms with Crippen LogP contribution in [0.15, 0.2) is 24.3 Å². The Morgan fingerprint density at radius 1 is 1.36 bits per heavy atom. The van der Waals surface area contributed by atoms with E-state index in [1.165, 1.54) is 37.7 Å². The molecule has 0 spiro atoms. The van der Waals surface area contributed by atoms with Gasteiger partial charge in [-0.25, -0.2) is 0 Å². The van der Waals surface area contributed by atoms with Gasteiger partial charge in [-0.1, -0.05) is 37.6 Å². The molecule has 0 atom stereocenters. The van der Waals surface area contributed by atoms with Crippen LogP contribution in [0.2, 0.25) is 0 Å². The first-order chi connectivity index (χ1) is 5.31. The summed E-state index contributed by atoms with van der Waals surface area (Å²) in [6, 6.07) is 0. The molecule has 0 aliphatic heterocycles. The molecule has 0 rings (SSSR count). The highest BCUT2D eigenvalue weighted by Crippen LogP contribution is 2.11. The summed E-state index contributed by atoms with van der Waals surface area (Å²) in [4.78, 5) is 0. The van der Waals surface area contributed by atoms with Crippen molar-refractivity contribution >= 4 is 0 Å². The van der Waals surface area contributed by atoms with Crippen LogP contribution >= 0.6 is 0 Å². The molecule has 0 aromatic carbocycles. The lowest BCUT2D eigenvalue weighted by molar-refractivity contribution is 0.757. The number of allylic oxidation sites excluding steroid dienone is 3. The predicted molar refractivity (Wildman–Crippen MR) is 52.7 cm³/mol. The first-order valence-corrected chi connectivity index (χ1v) is 4.59. The Kier molecular flexibility index (Phi) is 7.23. The number of hydrogen-bond donors (Lipinski definition) is 0. The summed E-state index contributed by atoms with van der Waals surface area (Å²) in [5, 5.41) is 0. The normalized spacial score (nSPS) is 10.7. The summed E-state index contributed by atoms with van der Waals surface area (Å²) >= 11 is 0. The predicted octanol–water partition coefficient (Wildman–Crippen LogP) is 4.09. The van der Waals surface area contributed by atoms with Crippen LogP contribution < -0.4 is 0 Å².